The first-order chi connectivity index (χ1) is 16.3. The summed E-state index contributed by atoms with van der Waals surface area (Å²) in [7, 11) is 0. The lowest BCUT2D eigenvalue weighted by atomic mass is 10.0. The second-order valence-corrected chi connectivity index (χ2v) is 7.59. The fourth-order valence-electron chi connectivity index (χ4n) is 2.62. The van der Waals surface area contributed by atoms with Crippen LogP contribution in [0.3, 0.4) is 0 Å². The van der Waals surface area contributed by atoms with Gasteiger partial charge in [-0.05, 0) is 36.1 Å². The van der Waals surface area contributed by atoms with Gasteiger partial charge in [0.05, 0.1) is 0 Å². The summed E-state index contributed by atoms with van der Waals surface area (Å²) in [6.07, 6.45) is 0.389. The number of benzene rings is 2. The Bertz CT molecular complexity index is 1090. The molecule has 11 heteroatoms. The minimum Gasteiger partial charge on any atom is -0.480 e. The number of ketones is 3. The smallest absolute Gasteiger partial charge is 0.320 e. The Balaban J connectivity index is 0.000000351. The largest absolute Gasteiger partial charge is 0.480 e. The highest BCUT2D eigenvalue weighted by atomic mass is 16.4. The van der Waals surface area contributed by atoms with Crippen LogP contribution in [0.5, 0.6) is 0 Å². The molecule has 7 N–H and O–H groups in total. The molecule has 0 aromatic heterocycles. The minimum atomic E-state index is -1.08. The molecule has 0 bridgehead atoms. The van der Waals surface area contributed by atoms with Gasteiger partial charge in [0.1, 0.15) is 12.1 Å². The van der Waals surface area contributed by atoms with Gasteiger partial charge in [-0.2, -0.15) is 0 Å². The quantitative estimate of drug-likeness (QED) is 0.233. The molecule has 0 aliphatic rings. The fraction of sp³-hybridized carbons (Fsp3) is 0.250. The number of carbonyl (C=O) groups excluding carboxylic acids is 4. The van der Waals surface area contributed by atoms with Crippen LogP contribution < -0.4 is 16.8 Å². The van der Waals surface area contributed by atoms with Crippen molar-refractivity contribution in [3.63, 3.8) is 0 Å². The lowest BCUT2D eigenvalue weighted by Gasteiger charge is -2.07. The predicted octanol–water partition coefficient (Wildman–Crippen LogP) is 0.581. The summed E-state index contributed by atoms with van der Waals surface area (Å²) in [5, 5.41) is 19.7. The lowest BCUT2D eigenvalue weighted by molar-refractivity contribution is -0.139. The van der Waals surface area contributed by atoms with Crippen molar-refractivity contribution < 1.29 is 39.0 Å². The van der Waals surface area contributed by atoms with Crippen molar-refractivity contribution in [2.24, 2.45) is 11.5 Å². The number of carboxylic acids is 2. The number of carbonyl (C=O) groups is 6. The first-order valence-electron chi connectivity index (χ1n) is 10.3. The van der Waals surface area contributed by atoms with E-state index in [1.54, 1.807) is 36.4 Å². The van der Waals surface area contributed by atoms with E-state index in [2.05, 4.69) is 5.32 Å². The Kier molecular flexibility index (Phi) is 11.1. The van der Waals surface area contributed by atoms with Crippen LogP contribution in [0.25, 0.3) is 0 Å². The summed E-state index contributed by atoms with van der Waals surface area (Å²) in [6, 6.07) is 10.7. The van der Waals surface area contributed by atoms with E-state index in [0.29, 0.717) is 16.8 Å². The third-order valence-corrected chi connectivity index (χ3v) is 4.61. The van der Waals surface area contributed by atoms with Crippen LogP contribution in [0.15, 0.2) is 48.5 Å². The molecule has 2 unspecified atom stereocenters. The Morgan fingerprint density at radius 3 is 1.46 bits per heavy atom. The van der Waals surface area contributed by atoms with Crippen molar-refractivity contribution >= 4 is 40.9 Å². The number of Topliss-reactive ketones (excluding diaryl/α,β-unsaturated/α-hetero) is 3. The van der Waals surface area contributed by atoms with Crippen LogP contribution in [0, 0.1) is 0 Å². The summed E-state index contributed by atoms with van der Waals surface area (Å²) < 4.78 is 0. The van der Waals surface area contributed by atoms with Crippen molar-refractivity contribution in [3.05, 3.63) is 65.2 Å². The molecule has 2 rings (SSSR count). The third kappa shape index (κ3) is 10.1. The molecule has 0 aliphatic heterocycles. The van der Waals surface area contributed by atoms with Crippen molar-refractivity contribution in [2.75, 3.05) is 5.32 Å². The standard InChI is InChI=1S/C12H14N2O4.C12H13NO4/c1-7(15)11(16)14-9-4-2-8(3-5-9)6-10(13)12(17)18;1-7(14)11(15)9-4-2-8(3-5-9)6-10(13)12(16)17/h2-5,10H,6,13H2,1H3,(H,14,16)(H,17,18);2-5,10H,6,13H2,1H3,(H,16,17). The minimum absolute atomic E-state index is 0.184. The summed E-state index contributed by atoms with van der Waals surface area (Å²) in [5.74, 6) is -4.49. The highest BCUT2D eigenvalue weighted by Gasteiger charge is 2.14. The number of nitrogens with two attached hydrogens (primary N) is 2. The summed E-state index contributed by atoms with van der Waals surface area (Å²) in [5.41, 5.74) is 13.0. The number of anilines is 1. The maximum atomic E-state index is 11.3. The second-order valence-electron chi connectivity index (χ2n) is 7.59. The monoisotopic (exact) mass is 485 g/mol. The van der Waals surface area contributed by atoms with E-state index in [-0.39, 0.29) is 12.8 Å². The van der Waals surface area contributed by atoms with E-state index >= 15 is 0 Å². The molecule has 0 heterocycles. The van der Waals surface area contributed by atoms with Crippen LogP contribution >= 0.6 is 0 Å². The zero-order valence-corrected chi connectivity index (χ0v) is 19.2. The molecule has 186 valence electrons. The topological polar surface area (TPSA) is 207 Å². The molecule has 0 spiro atoms. The van der Waals surface area contributed by atoms with Gasteiger partial charge < -0.3 is 27.0 Å². The average molecular weight is 485 g/mol. The first-order valence-corrected chi connectivity index (χ1v) is 10.3. The summed E-state index contributed by atoms with van der Waals surface area (Å²) >= 11 is 0. The van der Waals surface area contributed by atoms with Crippen molar-refractivity contribution in [3.8, 4) is 0 Å². The van der Waals surface area contributed by atoms with E-state index < -0.39 is 47.3 Å². The Hall–Kier alpha value is -4.22. The number of amides is 1. The van der Waals surface area contributed by atoms with Crippen LogP contribution in [0.4, 0.5) is 5.69 Å². The number of aliphatic carboxylic acids is 2. The van der Waals surface area contributed by atoms with Gasteiger partial charge in [0.15, 0.2) is 5.78 Å². The number of hydrogen-bond donors (Lipinski definition) is 5. The van der Waals surface area contributed by atoms with Gasteiger partial charge in [-0.1, -0.05) is 36.4 Å². The molecular formula is C24H27N3O8. The van der Waals surface area contributed by atoms with Gasteiger partial charge in [-0.3, -0.25) is 28.8 Å². The van der Waals surface area contributed by atoms with E-state index in [1.165, 1.54) is 26.0 Å². The van der Waals surface area contributed by atoms with Crippen LogP contribution in [0.1, 0.15) is 35.3 Å². The molecule has 0 saturated carbocycles. The van der Waals surface area contributed by atoms with Crippen molar-refractivity contribution in [1.82, 2.24) is 0 Å². The van der Waals surface area contributed by atoms with Crippen LogP contribution in [-0.2, 0) is 36.8 Å². The molecule has 0 saturated heterocycles. The molecule has 11 nitrogen and oxygen atoms in total. The van der Waals surface area contributed by atoms with Gasteiger partial charge >= 0.3 is 11.9 Å². The van der Waals surface area contributed by atoms with Crippen LogP contribution in [-0.4, -0.2) is 57.5 Å². The Morgan fingerprint density at radius 1 is 0.714 bits per heavy atom. The zero-order valence-electron chi connectivity index (χ0n) is 19.2. The van der Waals surface area contributed by atoms with Crippen LogP contribution in [0.2, 0.25) is 0 Å². The molecule has 0 aliphatic carbocycles. The predicted molar refractivity (Wildman–Crippen MR) is 126 cm³/mol. The summed E-state index contributed by atoms with van der Waals surface area (Å²) in [6.45, 7) is 2.38. The van der Waals surface area contributed by atoms with E-state index in [9.17, 15) is 28.8 Å². The second kappa shape index (κ2) is 13.5. The number of hydrogen-bond acceptors (Lipinski definition) is 8. The van der Waals surface area contributed by atoms with Gasteiger partial charge in [0.25, 0.3) is 5.91 Å². The lowest BCUT2D eigenvalue weighted by Crippen LogP contribution is -2.32. The maximum absolute atomic E-state index is 11.3. The molecule has 2 aromatic carbocycles. The molecule has 1 amide bonds. The van der Waals surface area contributed by atoms with E-state index in [1.807, 2.05) is 0 Å². The zero-order chi connectivity index (χ0) is 26.7. The van der Waals surface area contributed by atoms with Gasteiger partial charge in [0, 0.05) is 25.1 Å². The molecule has 0 radical (unpaired) electrons. The number of carboxylic acid groups (broad SMARTS) is 2. The van der Waals surface area contributed by atoms with Crippen molar-refractivity contribution in [1.29, 1.82) is 0 Å². The highest BCUT2D eigenvalue weighted by Crippen LogP contribution is 2.11. The Morgan fingerprint density at radius 2 is 1.11 bits per heavy atom. The highest BCUT2D eigenvalue weighted by molar-refractivity contribution is 6.42. The number of nitrogens with one attached hydrogen (secondary N) is 1. The van der Waals surface area contributed by atoms with Gasteiger partial charge in [-0.15, -0.1) is 0 Å². The normalized spacial score (nSPS) is 11.8. The molecule has 2 aromatic rings. The first kappa shape index (κ1) is 28.8. The SMILES string of the molecule is CC(=O)C(=O)Nc1ccc(CC(N)C(=O)O)cc1.CC(=O)C(=O)c1ccc(CC(N)C(=O)O)cc1. The van der Waals surface area contributed by atoms with E-state index in [4.69, 9.17) is 21.7 Å². The maximum Gasteiger partial charge on any atom is 0.320 e. The number of rotatable bonds is 10. The van der Waals surface area contributed by atoms with E-state index in [0.717, 1.165) is 5.56 Å². The third-order valence-electron chi connectivity index (χ3n) is 4.61. The molecule has 35 heavy (non-hydrogen) atoms. The Labute approximate surface area is 201 Å². The fourth-order valence-corrected chi connectivity index (χ4v) is 2.62. The van der Waals surface area contributed by atoms with Crippen molar-refractivity contribution in [2.45, 2.75) is 38.8 Å². The van der Waals surface area contributed by atoms with Gasteiger partial charge in [0.2, 0.25) is 11.6 Å². The molecule has 2 atom stereocenters. The van der Waals surface area contributed by atoms with Gasteiger partial charge in [-0.25, -0.2) is 0 Å². The molecule has 0 fully saturated rings. The molecular weight excluding hydrogens is 458 g/mol. The summed E-state index contributed by atoms with van der Waals surface area (Å²) in [4.78, 5) is 65.1. The average Bonchev–Trinajstić information content (AvgIpc) is 2.80.